The number of benzene rings is 1. The first kappa shape index (κ1) is 20.9. The van der Waals surface area contributed by atoms with E-state index >= 15 is 0 Å². The predicted molar refractivity (Wildman–Crippen MR) is 90.3 cm³/mol. The van der Waals surface area contributed by atoms with Gasteiger partial charge in [-0.1, -0.05) is 11.6 Å². The average Bonchev–Trinajstić information content (AvgIpc) is 2.53. The third-order valence-electron chi connectivity index (χ3n) is 3.92. The summed E-state index contributed by atoms with van der Waals surface area (Å²) in [5.41, 5.74) is -1.08. The highest BCUT2D eigenvalue weighted by Crippen LogP contribution is 2.34. The molecule has 0 bridgehead atoms. The van der Waals surface area contributed by atoms with Crippen LogP contribution in [0.25, 0.3) is 0 Å². The second kappa shape index (κ2) is 7.71. The van der Waals surface area contributed by atoms with Crippen LogP contribution in [0.5, 0.6) is 0 Å². The first-order valence-electron chi connectivity index (χ1n) is 7.72. The van der Waals surface area contributed by atoms with E-state index in [0.29, 0.717) is 6.07 Å². The number of nitrogens with zero attached hydrogens (tertiary/aromatic N) is 3. The van der Waals surface area contributed by atoms with Gasteiger partial charge < -0.3 is 9.80 Å². The fourth-order valence-corrected chi connectivity index (χ4v) is 4.49. The Morgan fingerprint density at radius 3 is 2.27 bits per heavy atom. The van der Waals surface area contributed by atoms with Crippen molar-refractivity contribution in [1.29, 1.82) is 0 Å². The van der Waals surface area contributed by atoms with Crippen LogP contribution in [0.3, 0.4) is 0 Å². The Balaban J connectivity index is 2.19. The van der Waals surface area contributed by atoms with Crippen molar-refractivity contribution in [3.05, 3.63) is 28.8 Å². The molecule has 1 aromatic carbocycles. The zero-order valence-corrected chi connectivity index (χ0v) is 15.8. The van der Waals surface area contributed by atoms with Crippen molar-refractivity contribution in [2.24, 2.45) is 0 Å². The molecule has 1 amide bonds. The molecule has 6 nitrogen and oxygen atoms in total. The summed E-state index contributed by atoms with van der Waals surface area (Å²) in [5.74, 6) is -0.135. The van der Waals surface area contributed by atoms with Crippen molar-refractivity contribution >= 4 is 27.5 Å². The minimum absolute atomic E-state index is 0.00588. The summed E-state index contributed by atoms with van der Waals surface area (Å²) < 4.78 is 65.1. The Kier molecular flexibility index (Phi) is 6.21. The molecule has 1 heterocycles. The minimum atomic E-state index is -4.67. The van der Waals surface area contributed by atoms with E-state index in [1.54, 1.807) is 19.0 Å². The molecule has 1 aliphatic rings. The van der Waals surface area contributed by atoms with E-state index in [0.717, 1.165) is 16.4 Å². The maximum Gasteiger partial charge on any atom is 0.416 e. The molecule has 0 N–H and O–H groups in total. The Morgan fingerprint density at radius 2 is 1.77 bits per heavy atom. The van der Waals surface area contributed by atoms with Gasteiger partial charge in [0.15, 0.2) is 0 Å². The minimum Gasteiger partial charge on any atom is -0.339 e. The Labute approximate surface area is 155 Å². The highest BCUT2D eigenvalue weighted by atomic mass is 35.5. The molecule has 1 aliphatic heterocycles. The van der Waals surface area contributed by atoms with Crippen LogP contribution in [0.15, 0.2) is 23.1 Å². The maximum atomic E-state index is 12.9. The summed E-state index contributed by atoms with van der Waals surface area (Å²) in [6.07, 6.45) is -4.67. The van der Waals surface area contributed by atoms with E-state index in [1.807, 2.05) is 0 Å². The van der Waals surface area contributed by atoms with Crippen LogP contribution in [0.1, 0.15) is 5.56 Å². The average molecular weight is 414 g/mol. The summed E-state index contributed by atoms with van der Waals surface area (Å²) in [6.45, 7) is 0.527. The van der Waals surface area contributed by atoms with Crippen LogP contribution in [0.2, 0.25) is 5.02 Å². The molecule has 0 atom stereocenters. The fraction of sp³-hybridized carbons (Fsp3) is 0.533. The van der Waals surface area contributed by atoms with Gasteiger partial charge >= 0.3 is 6.18 Å². The van der Waals surface area contributed by atoms with Crippen molar-refractivity contribution in [2.45, 2.75) is 11.1 Å². The lowest BCUT2D eigenvalue weighted by Gasteiger charge is -2.34. The second-order valence-corrected chi connectivity index (χ2v) is 8.48. The van der Waals surface area contributed by atoms with Crippen LogP contribution >= 0.6 is 11.6 Å². The van der Waals surface area contributed by atoms with Gasteiger partial charge in [0, 0.05) is 26.2 Å². The predicted octanol–water partition coefficient (Wildman–Crippen LogP) is 1.75. The molecule has 0 aliphatic carbocycles. The largest absolute Gasteiger partial charge is 0.416 e. The lowest BCUT2D eigenvalue weighted by Crippen LogP contribution is -2.52. The second-order valence-electron chi connectivity index (χ2n) is 6.17. The molecule has 1 saturated heterocycles. The van der Waals surface area contributed by atoms with Gasteiger partial charge in [0.1, 0.15) is 4.90 Å². The fourth-order valence-electron chi connectivity index (χ4n) is 2.56. The summed E-state index contributed by atoms with van der Waals surface area (Å²) in [5, 5.41) is -0.274. The zero-order chi connectivity index (χ0) is 19.7. The monoisotopic (exact) mass is 413 g/mol. The van der Waals surface area contributed by atoms with Gasteiger partial charge in [-0.05, 0) is 32.3 Å². The van der Waals surface area contributed by atoms with E-state index in [9.17, 15) is 26.4 Å². The van der Waals surface area contributed by atoms with E-state index in [4.69, 9.17) is 11.6 Å². The summed E-state index contributed by atoms with van der Waals surface area (Å²) in [7, 11) is -0.706. The summed E-state index contributed by atoms with van der Waals surface area (Å²) in [4.78, 5) is 14.7. The SMILES string of the molecule is CN(C)CC(=O)N1CCN(S(=O)(=O)c2cc(C(F)(F)F)ccc2Cl)CC1. The van der Waals surface area contributed by atoms with Crippen LogP contribution in [-0.4, -0.2) is 75.2 Å². The lowest BCUT2D eigenvalue weighted by atomic mass is 10.2. The van der Waals surface area contributed by atoms with E-state index < -0.39 is 26.7 Å². The molecule has 26 heavy (non-hydrogen) atoms. The van der Waals surface area contributed by atoms with Gasteiger partial charge in [0.25, 0.3) is 0 Å². The number of sulfonamides is 1. The number of likely N-dealkylation sites (N-methyl/N-ethyl adjacent to an activating group) is 1. The molecule has 2 rings (SSSR count). The molecular weight excluding hydrogens is 395 g/mol. The van der Waals surface area contributed by atoms with Gasteiger partial charge in [-0.2, -0.15) is 17.5 Å². The standard InChI is InChI=1S/C15H19ClF3N3O3S/c1-20(2)10-14(23)21-5-7-22(8-6-21)26(24,25)13-9-11(15(17,18)19)3-4-12(13)16/h3-4,9H,5-8,10H2,1-2H3. The third kappa shape index (κ3) is 4.67. The van der Waals surface area contributed by atoms with Crippen molar-refractivity contribution in [3.8, 4) is 0 Å². The molecule has 11 heteroatoms. The van der Waals surface area contributed by atoms with Crippen LogP contribution < -0.4 is 0 Å². The molecular formula is C15H19ClF3N3O3S. The quantitative estimate of drug-likeness (QED) is 0.754. The van der Waals surface area contributed by atoms with E-state index in [-0.39, 0.29) is 43.7 Å². The maximum absolute atomic E-state index is 12.9. The first-order chi connectivity index (χ1) is 11.9. The highest BCUT2D eigenvalue weighted by molar-refractivity contribution is 7.89. The van der Waals surface area contributed by atoms with Crippen molar-refractivity contribution in [1.82, 2.24) is 14.1 Å². The normalized spacial score (nSPS) is 17.0. The number of carbonyl (C=O) groups excluding carboxylic acids is 1. The lowest BCUT2D eigenvalue weighted by molar-refractivity contribution is -0.137. The van der Waals surface area contributed by atoms with E-state index in [1.165, 1.54) is 4.90 Å². The molecule has 1 aromatic rings. The molecule has 0 unspecified atom stereocenters. The van der Waals surface area contributed by atoms with Gasteiger partial charge in [-0.15, -0.1) is 0 Å². The number of halogens is 4. The van der Waals surface area contributed by atoms with Gasteiger partial charge in [-0.3, -0.25) is 4.79 Å². The highest BCUT2D eigenvalue weighted by Gasteiger charge is 2.35. The van der Waals surface area contributed by atoms with Crippen LogP contribution in [0.4, 0.5) is 13.2 Å². The van der Waals surface area contributed by atoms with Crippen molar-refractivity contribution in [3.63, 3.8) is 0 Å². The first-order valence-corrected chi connectivity index (χ1v) is 9.54. The Morgan fingerprint density at radius 1 is 1.19 bits per heavy atom. The molecule has 0 radical (unpaired) electrons. The summed E-state index contributed by atoms with van der Waals surface area (Å²) in [6, 6.07) is 2.20. The Hall–Kier alpha value is -1.36. The number of carbonyl (C=O) groups is 1. The van der Waals surface area contributed by atoms with Crippen molar-refractivity contribution < 1.29 is 26.4 Å². The number of hydrogen-bond donors (Lipinski definition) is 0. The molecule has 0 saturated carbocycles. The summed E-state index contributed by atoms with van der Waals surface area (Å²) >= 11 is 5.84. The third-order valence-corrected chi connectivity index (χ3v) is 6.30. The molecule has 1 fully saturated rings. The molecule has 146 valence electrons. The molecule has 0 aromatic heterocycles. The van der Waals surface area contributed by atoms with Gasteiger partial charge in [0.2, 0.25) is 15.9 Å². The van der Waals surface area contributed by atoms with Crippen LogP contribution in [0, 0.1) is 0 Å². The smallest absolute Gasteiger partial charge is 0.339 e. The number of alkyl halides is 3. The van der Waals surface area contributed by atoms with Crippen molar-refractivity contribution in [2.75, 3.05) is 46.8 Å². The van der Waals surface area contributed by atoms with Gasteiger partial charge in [-0.25, -0.2) is 8.42 Å². The number of piperazine rings is 1. The topological polar surface area (TPSA) is 60.9 Å². The zero-order valence-electron chi connectivity index (χ0n) is 14.3. The Bertz CT molecular complexity index is 776. The number of rotatable bonds is 4. The number of amides is 1. The van der Waals surface area contributed by atoms with E-state index in [2.05, 4.69) is 0 Å². The van der Waals surface area contributed by atoms with Crippen LogP contribution in [-0.2, 0) is 21.0 Å². The number of hydrogen-bond acceptors (Lipinski definition) is 4. The van der Waals surface area contributed by atoms with Gasteiger partial charge in [0.05, 0.1) is 17.1 Å². The molecule has 0 spiro atoms.